The quantitative estimate of drug-likeness (QED) is 0.906. The van der Waals surface area contributed by atoms with Crippen molar-refractivity contribution in [2.24, 2.45) is 24.0 Å². The number of aryl methyl sites for hydroxylation is 2. The zero-order chi connectivity index (χ0) is 18.1. The van der Waals surface area contributed by atoms with E-state index in [2.05, 4.69) is 25.8 Å². The van der Waals surface area contributed by atoms with Crippen molar-refractivity contribution in [2.75, 3.05) is 13.2 Å². The molecule has 0 aliphatic carbocycles. The molecule has 2 aliphatic heterocycles. The lowest BCUT2D eigenvalue weighted by molar-refractivity contribution is -0.0236. The summed E-state index contributed by atoms with van der Waals surface area (Å²) in [6, 6.07) is 3.12. The zero-order valence-corrected chi connectivity index (χ0v) is 15.0. The fraction of sp³-hybridized carbons (Fsp3) is 0.556. The summed E-state index contributed by atoms with van der Waals surface area (Å²) < 4.78 is 22.4. The van der Waals surface area contributed by atoms with Gasteiger partial charge in [0.25, 0.3) is 0 Å². The molecular formula is C18H23FN6O. The van der Waals surface area contributed by atoms with Crippen molar-refractivity contribution in [1.82, 2.24) is 25.4 Å². The molecular weight excluding hydrogens is 335 g/mol. The highest BCUT2D eigenvalue weighted by molar-refractivity contribution is 5.64. The van der Waals surface area contributed by atoms with Crippen LogP contribution in [0.1, 0.15) is 41.9 Å². The number of halogens is 1. The largest absolute Gasteiger partial charge is 0.372 e. The first-order chi connectivity index (χ1) is 12.6. The molecule has 8 heteroatoms. The molecule has 0 bridgehead atoms. The van der Waals surface area contributed by atoms with E-state index in [9.17, 15) is 4.39 Å². The molecule has 0 spiro atoms. The van der Waals surface area contributed by atoms with Crippen LogP contribution in [0.15, 0.2) is 23.4 Å². The van der Waals surface area contributed by atoms with Gasteiger partial charge in [-0.05, 0) is 37.8 Å². The van der Waals surface area contributed by atoms with E-state index in [0.29, 0.717) is 18.8 Å². The second-order valence-corrected chi connectivity index (χ2v) is 7.03. The molecule has 4 heterocycles. The van der Waals surface area contributed by atoms with Crippen LogP contribution >= 0.6 is 0 Å². The van der Waals surface area contributed by atoms with Crippen LogP contribution in [0.3, 0.4) is 0 Å². The van der Waals surface area contributed by atoms with Crippen molar-refractivity contribution in [3.8, 4) is 0 Å². The predicted octanol–water partition coefficient (Wildman–Crippen LogP) is 2.11. The van der Waals surface area contributed by atoms with E-state index in [1.165, 1.54) is 6.07 Å². The van der Waals surface area contributed by atoms with Crippen molar-refractivity contribution in [3.05, 3.63) is 41.2 Å². The lowest BCUT2D eigenvalue weighted by atomic mass is 9.74. The number of hydrazone groups is 1. The van der Waals surface area contributed by atoms with E-state index in [4.69, 9.17) is 4.74 Å². The van der Waals surface area contributed by atoms with Crippen LogP contribution in [0.4, 0.5) is 4.39 Å². The molecule has 0 saturated carbocycles. The van der Waals surface area contributed by atoms with E-state index in [1.54, 1.807) is 16.9 Å². The van der Waals surface area contributed by atoms with Crippen molar-refractivity contribution in [1.29, 1.82) is 0 Å². The minimum absolute atomic E-state index is 0.0390. The maximum atomic E-state index is 14.6. The van der Waals surface area contributed by atoms with Gasteiger partial charge in [0.05, 0.1) is 17.1 Å². The van der Waals surface area contributed by atoms with Gasteiger partial charge in [-0.2, -0.15) is 5.10 Å². The summed E-state index contributed by atoms with van der Waals surface area (Å²) in [5.74, 6) is 0.0692. The molecule has 0 amide bonds. The van der Waals surface area contributed by atoms with Crippen LogP contribution in [0.25, 0.3) is 0 Å². The smallest absolute Gasteiger partial charge is 0.145 e. The van der Waals surface area contributed by atoms with E-state index in [0.717, 1.165) is 24.2 Å². The van der Waals surface area contributed by atoms with Crippen molar-refractivity contribution in [2.45, 2.75) is 31.8 Å². The molecule has 4 atom stereocenters. The Kier molecular flexibility index (Phi) is 4.67. The van der Waals surface area contributed by atoms with Gasteiger partial charge >= 0.3 is 0 Å². The minimum atomic E-state index is -0.251. The summed E-state index contributed by atoms with van der Waals surface area (Å²) in [6.07, 6.45) is 5.12. The number of nitrogens with zero attached hydrogens (tertiary/aromatic N) is 5. The Labute approximate surface area is 151 Å². The monoisotopic (exact) mass is 358 g/mol. The van der Waals surface area contributed by atoms with Gasteiger partial charge in [-0.3, -0.25) is 4.98 Å². The van der Waals surface area contributed by atoms with Crippen LogP contribution in [-0.4, -0.2) is 39.3 Å². The van der Waals surface area contributed by atoms with Crippen LogP contribution in [0.5, 0.6) is 0 Å². The van der Waals surface area contributed by atoms with Crippen molar-refractivity contribution >= 4 is 6.21 Å². The van der Waals surface area contributed by atoms with Crippen LogP contribution < -0.4 is 5.43 Å². The highest BCUT2D eigenvalue weighted by Crippen LogP contribution is 2.43. The third-order valence-electron chi connectivity index (χ3n) is 5.43. The Morgan fingerprint density at radius 2 is 2.31 bits per heavy atom. The average molecular weight is 358 g/mol. The fourth-order valence-corrected chi connectivity index (χ4v) is 4.25. The molecule has 1 fully saturated rings. The number of nitrogens with one attached hydrogen (secondary N) is 1. The van der Waals surface area contributed by atoms with E-state index < -0.39 is 0 Å². The van der Waals surface area contributed by atoms with Gasteiger partial charge in [0.15, 0.2) is 0 Å². The summed E-state index contributed by atoms with van der Waals surface area (Å²) in [6.45, 7) is 3.27. The first kappa shape index (κ1) is 17.1. The third-order valence-corrected chi connectivity index (χ3v) is 5.43. The summed E-state index contributed by atoms with van der Waals surface area (Å²) in [4.78, 5) is 4.39. The molecule has 0 aromatic carbocycles. The molecule has 4 rings (SSSR count). The van der Waals surface area contributed by atoms with E-state index in [-0.39, 0.29) is 29.7 Å². The topological polar surface area (TPSA) is 77.2 Å². The number of rotatable bonds is 4. The van der Waals surface area contributed by atoms with Gasteiger partial charge in [0.2, 0.25) is 0 Å². The SMILES string of the molecule is Cc1nnn(C)c1C1CC(C(c2ncccc2F)[C@@H]2C=NNC2)CCO1. The second-order valence-electron chi connectivity index (χ2n) is 7.03. The minimum Gasteiger partial charge on any atom is -0.372 e. The third kappa shape index (κ3) is 3.09. The Morgan fingerprint density at radius 1 is 1.42 bits per heavy atom. The van der Waals surface area contributed by atoms with Crippen molar-refractivity contribution in [3.63, 3.8) is 0 Å². The molecule has 1 N–H and O–H groups in total. The van der Waals surface area contributed by atoms with Gasteiger partial charge in [0, 0.05) is 44.4 Å². The standard InChI is InChI=1S/C18H23FN6O/c1-11-18(25(2)24-23-11)15-8-12(5-7-26-15)16(13-9-21-22-10-13)17-14(19)4-3-6-20-17/h3-4,6,9,12-13,15-16,22H,5,7-8,10H2,1-2H3/t12?,13-,15?,16?/m1/s1. The number of hydrogen-bond acceptors (Lipinski definition) is 6. The highest BCUT2D eigenvalue weighted by Gasteiger charge is 2.39. The molecule has 0 radical (unpaired) electrons. The maximum absolute atomic E-state index is 14.6. The van der Waals surface area contributed by atoms with Gasteiger partial charge < -0.3 is 10.2 Å². The average Bonchev–Trinajstić information content (AvgIpc) is 3.27. The fourth-order valence-electron chi connectivity index (χ4n) is 4.25. The molecule has 2 aliphatic rings. The van der Waals surface area contributed by atoms with Crippen LogP contribution in [0.2, 0.25) is 0 Å². The summed E-state index contributed by atoms with van der Waals surface area (Å²) in [5.41, 5.74) is 5.40. The summed E-state index contributed by atoms with van der Waals surface area (Å²) >= 11 is 0. The Balaban J connectivity index is 1.65. The van der Waals surface area contributed by atoms with Gasteiger partial charge in [-0.15, -0.1) is 5.10 Å². The Hall–Kier alpha value is -2.35. The molecule has 3 unspecified atom stereocenters. The van der Waals surface area contributed by atoms with Gasteiger partial charge in [-0.25, -0.2) is 9.07 Å². The Bertz CT molecular complexity index is 787. The molecule has 2 aromatic heterocycles. The van der Waals surface area contributed by atoms with Crippen LogP contribution in [0, 0.1) is 24.6 Å². The first-order valence-corrected chi connectivity index (χ1v) is 8.99. The maximum Gasteiger partial charge on any atom is 0.145 e. The van der Waals surface area contributed by atoms with Gasteiger partial charge in [-0.1, -0.05) is 5.21 Å². The number of hydrogen-bond donors (Lipinski definition) is 1. The molecule has 138 valence electrons. The summed E-state index contributed by atoms with van der Waals surface area (Å²) in [5, 5.41) is 12.4. The zero-order valence-electron chi connectivity index (χ0n) is 15.0. The molecule has 26 heavy (non-hydrogen) atoms. The predicted molar refractivity (Wildman–Crippen MR) is 94.1 cm³/mol. The number of aromatic nitrogens is 4. The number of pyridine rings is 1. The van der Waals surface area contributed by atoms with Crippen molar-refractivity contribution < 1.29 is 9.13 Å². The second kappa shape index (κ2) is 7.11. The van der Waals surface area contributed by atoms with E-state index in [1.807, 2.05) is 20.2 Å². The van der Waals surface area contributed by atoms with Crippen LogP contribution in [-0.2, 0) is 11.8 Å². The summed E-state index contributed by atoms with van der Waals surface area (Å²) in [7, 11) is 1.88. The molecule has 1 saturated heterocycles. The Morgan fingerprint density at radius 3 is 3.00 bits per heavy atom. The van der Waals surface area contributed by atoms with Gasteiger partial charge in [0.1, 0.15) is 11.9 Å². The highest BCUT2D eigenvalue weighted by atomic mass is 19.1. The number of ether oxygens (including phenoxy) is 1. The van der Waals surface area contributed by atoms with E-state index >= 15 is 0 Å². The lowest BCUT2D eigenvalue weighted by Gasteiger charge is -2.36. The normalized spacial score (nSPS) is 26.7. The molecule has 2 aromatic rings. The molecule has 7 nitrogen and oxygen atoms in total. The lowest BCUT2D eigenvalue weighted by Crippen LogP contribution is -2.32. The first-order valence-electron chi connectivity index (χ1n) is 8.99.